The number of carbonyl (C=O) groups is 3. The van der Waals surface area contributed by atoms with Crippen LogP contribution in [0, 0.1) is 0 Å². The Morgan fingerprint density at radius 2 is 1.78 bits per heavy atom. The molecule has 0 radical (unpaired) electrons. The Balaban J connectivity index is 1.43. The van der Waals surface area contributed by atoms with Gasteiger partial charge in [0.1, 0.15) is 0 Å². The van der Waals surface area contributed by atoms with Crippen molar-refractivity contribution in [2.75, 3.05) is 5.32 Å². The summed E-state index contributed by atoms with van der Waals surface area (Å²) in [5.41, 5.74) is 1.96. The van der Waals surface area contributed by atoms with E-state index in [0.29, 0.717) is 5.69 Å². The first kappa shape index (κ1) is 21.6. The number of ether oxygens (including phenoxy) is 1. The Kier molecular flexibility index (Phi) is 6.81. The van der Waals surface area contributed by atoms with E-state index in [0.717, 1.165) is 16.1 Å². The molecule has 2 N–H and O–H groups in total. The molecule has 0 spiro atoms. The van der Waals surface area contributed by atoms with Gasteiger partial charge in [-0.1, -0.05) is 48.5 Å². The Hall–Kier alpha value is -3.65. The first-order chi connectivity index (χ1) is 15.6. The number of para-hydroxylation sites is 1. The molecule has 0 unspecified atom stereocenters. The molecule has 2 aromatic carbocycles. The zero-order chi connectivity index (χ0) is 22.3. The van der Waals surface area contributed by atoms with E-state index >= 15 is 0 Å². The highest BCUT2D eigenvalue weighted by Crippen LogP contribution is 2.37. The van der Waals surface area contributed by atoms with Gasteiger partial charge in [-0.05, 0) is 29.8 Å². The monoisotopic (exact) mass is 447 g/mol. The van der Waals surface area contributed by atoms with E-state index in [-0.39, 0.29) is 18.9 Å². The molecule has 162 valence electrons. The molecular formula is C24H21N3O4S. The van der Waals surface area contributed by atoms with E-state index in [4.69, 9.17) is 4.74 Å². The maximum absolute atomic E-state index is 12.9. The van der Waals surface area contributed by atoms with Crippen LogP contribution in [0.15, 0.2) is 83.9 Å². The Morgan fingerprint density at radius 3 is 2.56 bits per heavy atom. The second-order valence-electron chi connectivity index (χ2n) is 7.12. The normalized spacial score (nSPS) is 15.8. The summed E-state index contributed by atoms with van der Waals surface area (Å²) in [6, 6.07) is 21.9. The number of pyridine rings is 1. The van der Waals surface area contributed by atoms with Gasteiger partial charge >= 0.3 is 5.97 Å². The number of aromatic nitrogens is 1. The largest absolute Gasteiger partial charge is 0.446 e. The summed E-state index contributed by atoms with van der Waals surface area (Å²) >= 11 is 1.30. The van der Waals surface area contributed by atoms with Crippen molar-refractivity contribution in [2.45, 2.75) is 29.2 Å². The van der Waals surface area contributed by atoms with Crippen molar-refractivity contribution < 1.29 is 19.1 Å². The molecule has 0 fully saturated rings. The minimum atomic E-state index is -1.21. The number of rotatable bonds is 7. The van der Waals surface area contributed by atoms with Crippen molar-refractivity contribution in [1.82, 2.24) is 10.3 Å². The topological polar surface area (TPSA) is 97.4 Å². The van der Waals surface area contributed by atoms with E-state index in [9.17, 15) is 14.4 Å². The van der Waals surface area contributed by atoms with Gasteiger partial charge in [-0.25, -0.2) is 0 Å². The SMILES string of the molecule is O=C(C[C@H]1Sc2ccccc2NC1=O)O[C@@H](C(=O)NCc1ccccc1)c1ccccn1. The molecule has 3 aromatic rings. The van der Waals surface area contributed by atoms with Gasteiger partial charge in [-0.15, -0.1) is 11.8 Å². The Labute approximate surface area is 189 Å². The first-order valence-electron chi connectivity index (χ1n) is 10.1. The lowest BCUT2D eigenvalue weighted by Gasteiger charge is -2.24. The van der Waals surface area contributed by atoms with Crippen LogP contribution < -0.4 is 10.6 Å². The molecule has 4 rings (SSSR count). The molecule has 0 saturated heterocycles. The zero-order valence-corrected chi connectivity index (χ0v) is 17.9. The second kappa shape index (κ2) is 10.1. The van der Waals surface area contributed by atoms with E-state index < -0.39 is 23.2 Å². The average Bonchev–Trinajstić information content (AvgIpc) is 2.82. The zero-order valence-electron chi connectivity index (χ0n) is 17.1. The molecule has 2 atom stereocenters. The number of hydrogen-bond donors (Lipinski definition) is 2. The van der Waals surface area contributed by atoms with Gasteiger partial charge in [0.15, 0.2) is 0 Å². The highest BCUT2D eigenvalue weighted by atomic mass is 32.2. The van der Waals surface area contributed by atoms with Crippen molar-refractivity contribution in [1.29, 1.82) is 0 Å². The number of thioether (sulfide) groups is 1. The second-order valence-corrected chi connectivity index (χ2v) is 8.37. The summed E-state index contributed by atoms with van der Waals surface area (Å²) < 4.78 is 5.52. The van der Waals surface area contributed by atoms with Gasteiger partial charge in [-0.2, -0.15) is 0 Å². The third-order valence-electron chi connectivity index (χ3n) is 4.81. The van der Waals surface area contributed by atoms with E-state index in [2.05, 4.69) is 15.6 Å². The van der Waals surface area contributed by atoms with E-state index in [1.54, 1.807) is 18.2 Å². The molecule has 0 bridgehead atoms. The van der Waals surface area contributed by atoms with Crippen molar-refractivity contribution in [3.05, 3.63) is 90.3 Å². The fraction of sp³-hybridized carbons (Fsp3) is 0.167. The molecule has 0 saturated carbocycles. The molecule has 1 aliphatic heterocycles. The first-order valence-corrected chi connectivity index (χ1v) is 11.0. The number of nitrogens with zero attached hydrogens (tertiary/aromatic N) is 1. The lowest BCUT2D eigenvalue weighted by molar-refractivity contribution is -0.157. The van der Waals surface area contributed by atoms with Crippen LogP contribution in [-0.4, -0.2) is 28.0 Å². The molecule has 1 aromatic heterocycles. The van der Waals surface area contributed by atoms with Crippen LogP contribution in [0.4, 0.5) is 5.69 Å². The third-order valence-corrected chi connectivity index (χ3v) is 6.09. The molecular weight excluding hydrogens is 426 g/mol. The van der Waals surface area contributed by atoms with Crippen LogP contribution in [0.3, 0.4) is 0 Å². The molecule has 32 heavy (non-hydrogen) atoms. The Bertz CT molecular complexity index is 1110. The number of nitrogens with one attached hydrogen (secondary N) is 2. The lowest BCUT2D eigenvalue weighted by Crippen LogP contribution is -2.35. The van der Waals surface area contributed by atoms with Crippen LogP contribution in [0.25, 0.3) is 0 Å². The van der Waals surface area contributed by atoms with Crippen LogP contribution in [-0.2, 0) is 25.7 Å². The maximum atomic E-state index is 12.9. The summed E-state index contributed by atoms with van der Waals surface area (Å²) in [5, 5.41) is 4.95. The predicted molar refractivity (Wildman–Crippen MR) is 121 cm³/mol. The Morgan fingerprint density at radius 1 is 1.03 bits per heavy atom. The van der Waals surface area contributed by atoms with E-state index in [1.165, 1.54) is 18.0 Å². The molecule has 7 nitrogen and oxygen atoms in total. The van der Waals surface area contributed by atoms with Crippen molar-refractivity contribution >= 4 is 35.2 Å². The average molecular weight is 448 g/mol. The maximum Gasteiger partial charge on any atom is 0.308 e. The molecule has 8 heteroatoms. The number of anilines is 1. The highest BCUT2D eigenvalue weighted by Gasteiger charge is 2.32. The van der Waals surface area contributed by atoms with Gasteiger partial charge in [0.2, 0.25) is 12.0 Å². The van der Waals surface area contributed by atoms with Crippen molar-refractivity contribution in [3.63, 3.8) is 0 Å². The summed E-state index contributed by atoms with van der Waals surface area (Å²) in [6.07, 6.45) is 0.152. The molecule has 2 heterocycles. The van der Waals surface area contributed by atoms with Gasteiger partial charge < -0.3 is 15.4 Å². The number of fused-ring (bicyclic) bond motifs is 1. The van der Waals surface area contributed by atoms with Gasteiger partial charge in [0.25, 0.3) is 5.91 Å². The molecule has 2 amide bonds. The summed E-state index contributed by atoms with van der Waals surface area (Å²) in [7, 11) is 0. The van der Waals surface area contributed by atoms with Gasteiger partial charge in [-0.3, -0.25) is 19.4 Å². The predicted octanol–water partition coefficient (Wildman–Crippen LogP) is 3.49. The number of benzene rings is 2. The minimum Gasteiger partial charge on any atom is -0.446 e. The fourth-order valence-corrected chi connectivity index (χ4v) is 4.31. The number of esters is 1. The minimum absolute atomic E-state index is 0.167. The van der Waals surface area contributed by atoms with Gasteiger partial charge in [0.05, 0.1) is 23.1 Å². The number of amides is 2. The summed E-state index contributed by atoms with van der Waals surface area (Å²) in [5.74, 6) is -1.40. The number of hydrogen-bond acceptors (Lipinski definition) is 6. The smallest absolute Gasteiger partial charge is 0.308 e. The standard InChI is InChI=1S/C24H21N3O4S/c28-21(14-20-23(29)27-17-10-4-5-12-19(17)32-20)31-22(18-11-6-7-13-25-18)24(30)26-15-16-8-2-1-3-9-16/h1-13,20,22H,14-15H2,(H,26,30)(H,27,29)/t20-,22-/m1/s1. The van der Waals surface area contributed by atoms with E-state index in [1.807, 2.05) is 54.6 Å². The lowest BCUT2D eigenvalue weighted by atomic mass is 10.2. The van der Waals surface area contributed by atoms with Crippen LogP contribution in [0.1, 0.15) is 23.8 Å². The van der Waals surface area contributed by atoms with Crippen LogP contribution in [0.2, 0.25) is 0 Å². The summed E-state index contributed by atoms with van der Waals surface area (Å²) in [4.78, 5) is 43.0. The van der Waals surface area contributed by atoms with Crippen molar-refractivity contribution in [3.8, 4) is 0 Å². The highest BCUT2D eigenvalue weighted by molar-refractivity contribution is 8.01. The third kappa shape index (κ3) is 5.33. The summed E-state index contributed by atoms with van der Waals surface area (Å²) in [6.45, 7) is 0.290. The fourth-order valence-electron chi connectivity index (χ4n) is 3.21. The quantitative estimate of drug-likeness (QED) is 0.538. The van der Waals surface area contributed by atoms with Gasteiger partial charge in [0, 0.05) is 17.6 Å². The molecule has 1 aliphatic rings. The number of carbonyl (C=O) groups excluding carboxylic acids is 3. The van der Waals surface area contributed by atoms with Crippen LogP contribution in [0.5, 0.6) is 0 Å². The van der Waals surface area contributed by atoms with Crippen LogP contribution >= 0.6 is 11.8 Å². The molecule has 0 aliphatic carbocycles. The van der Waals surface area contributed by atoms with Crippen molar-refractivity contribution in [2.24, 2.45) is 0 Å².